The maximum Gasteiger partial charge on any atom is 0.137 e. The van der Waals surface area contributed by atoms with Crippen LogP contribution < -0.4 is 14.5 Å². The molecule has 5 nitrogen and oxygen atoms in total. The SMILES string of the molecule is CC(C)(C)c1ccnc(-n2c3ccccc3c3ccc(Oc4cccc(N5CN(c6c(-c7ccc8c(c7)C7c9ccccc9C8c8ccccc87)cccc6-c6ccc7c(c6)C6c8ccccc8C7c7ccccc76)c6ccccc65)c4)cc32)c1. The van der Waals surface area contributed by atoms with Crippen molar-refractivity contribution in [3.05, 3.63) is 333 Å². The Morgan fingerprint density at radius 3 is 1.41 bits per heavy atom. The lowest BCUT2D eigenvalue weighted by Crippen LogP contribution is -2.27. The summed E-state index contributed by atoms with van der Waals surface area (Å²) in [6.45, 7) is 7.34. The van der Waals surface area contributed by atoms with E-state index in [9.17, 15) is 0 Å². The second kappa shape index (κ2) is 18.1. The molecule has 0 saturated carbocycles. The summed E-state index contributed by atoms with van der Waals surface area (Å²) in [4.78, 5) is 9.98. The first-order valence-electron chi connectivity index (χ1n) is 30.0. The minimum Gasteiger partial charge on any atom is -0.457 e. The minimum absolute atomic E-state index is 0.0269. The van der Waals surface area contributed by atoms with Crippen LogP contribution in [0.15, 0.2) is 261 Å². The van der Waals surface area contributed by atoms with E-state index in [1.807, 2.05) is 6.20 Å². The summed E-state index contributed by atoms with van der Waals surface area (Å²) < 4.78 is 9.23. The normalized spacial score (nSPS) is 17.3. The highest BCUT2D eigenvalue weighted by atomic mass is 16.5. The van der Waals surface area contributed by atoms with Gasteiger partial charge < -0.3 is 14.5 Å². The van der Waals surface area contributed by atoms with Gasteiger partial charge in [-0.15, -0.1) is 0 Å². The van der Waals surface area contributed by atoms with E-state index in [-0.39, 0.29) is 29.1 Å². The molecule has 6 aliphatic carbocycles. The van der Waals surface area contributed by atoms with Gasteiger partial charge in [-0.3, -0.25) is 4.57 Å². The lowest BCUT2D eigenvalue weighted by atomic mass is 9.61. The van der Waals surface area contributed by atoms with E-state index in [2.05, 4.69) is 290 Å². The second-order valence-corrected chi connectivity index (χ2v) is 24.9. The molecule has 404 valence electrons. The zero-order valence-electron chi connectivity index (χ0n) is 47.5. The fourth-order valence-electron chi connectivity index (χ4n) is 15.7. The quantitative estimate of drug-likeness (QED) is 0.159. The summed E-state index contributed by atoms with van der Waals surface area (Å²) >= 11 is 0. The molecule has 2 aromatic heterocycles. The molecule has 5 heteroatoms. The number of anilines is 4. The number of aromatic nitrogens is 2. The van der Waals surface area contributed by atoms with Gasteiger partial charge in [-0.1, -0.05) is 197 Å². The topological polar surface area (TPSA) is 33.5 Å². The Balaban J connectivity index is 0.766. The molecule has 0 unspecified atom stereocenters. The molecule has 0 fully saturated rings. The lowest BCUT2D eigenvalue weighted by molar-refractivity contribution is 0.483. The van der Waals surface area contributed by atoms with Crippen molar-refractivity contribution in [2.75, 3.05) is 16.5 Å². The first-order chi connectivity index (χ1) is 41.8. The maximum atomic E-state index is 6.95. The number of benzene rings is 11. The summed E-state index contributed by atoms with van der Waals surface area (Å²) in [5.41, 5.74) is 29.9. The van der Waals surface area contributed by atoms with Gasteiger partial charge in [-0.25, -0.2) is 4.98 Å². The number of fused-ring (bicyclic) bond motifs is 4. The average molecular weight is 1090 g/mol. The van der Waals surface area contributed by atoms with Crippen LogP contribution in [0, 0.1) is 0 Å². The lowest BCUT2D eigenvalue weighted by Gasteiger charge is -2.42. The predicted octanol–water partition coefficient (Wildman–Crippen LogP) is 19.8. The van der Waals surface area contributed by atoms with E-state index in [0.29, 0.717) is 6.67 Å². The van der Waals surface area contributed by atoms with Crippen molar-refractivity contribution in [3.63, 3.8) is 0 Å². The molecular weight excluding hydrogens is 1030 g/mol. The number of rotatable bonds is 7. The van der Waals surface area contributed by atoms with Crippen molar-refractivity contribution in [3.8, 4) is 39.6 Å². The zero-order valence-corrected chi connectivity index (χ0v) is 47.5. The van der Waals surface area contributed by atoms with Crippen LogP contribution in [0.2, 0.25) is 0 Å². The van der Waals surface area contributed by atoms with Crippen LogP contribution >= 0.6 is 0 Å². The average Bonchev–Trinajstić information content (AvgIpc) is 1.97. The van der Waals surface area contributed by atoms with Gasteiger partial charge in [0.15, 0.2) is 0 Å². The van der Waals surface area contributed by atoms with Gasteiger partial charge in [0.25, 0.3) is 0 Å². The summed E-state index contributed by atoms with van der Waals surface area (Å²) in [5, 5.41) is 2.34. The third-order valence-electron chi connectivity index (χ3n) is 19.4. The molecule has 7 aliphatic rings. The second-order valence-electron chi connectivity index (χ2n) is 24.9. The number of nitrogens with zero attached hydrogens (tertiary/aromatic N) is 4. The fourth-order valence-corrected chi connectivity index (χ4v) is 15.7. The molecule has 3 heterocycles. The van der Waals surface area contributed by atoms with Gasteiger partial charge in [0.1, 0.15) is 24.0 Å². The van der Waals surface area contributed by atoms with Crippen molar-refractivity contribution in [1.82, 2.24) is 9.55 Å². The van der Waals surface area contributed by atoms with Crippen LogP contribution in [0.1, 0.15) is 117 Å². The van der Waals surface area contributed by atoms with Gasteiger partial charge in [0.05, 0.1) is 28.1 Å². The summed E-state index contributed by atoms with van der Waals surface area (Å²) in [6.07, 6.45) is 1.94. The molecule has 4 bridgehead atoms. The van der Waals surface area contributed by atoms with E-state index in [1.165, 1.54) is 106 Å². The van der Waals surface area contributed by atoms with E-state index < -0.39 is 0 Å². The largest absolute Gasteiger partial charge is 0.457 e. The highest BCUT2D eigenvalue weighted by Crippen LogP contribution is 2.59. The van der Waals surface area contributed by atoms with Crippen molar-refractivity contribution in [1.29, 1.82) is 0 Å². The minimum atomic E-state index is -0.0269. The van der Waals surface area contributed by atoms with Crippen LogP contribution in [-0.4, -0.2) is 16.2 Å². The monoisotopic (exact) mass is 1090 g/mol. The fraction of sp³-hybridized carbons (Fsp3) is 0.113. The standard InChI is InChI=1S/C80H58N4O/c1-80(2,3)50-40-41-81-74(44-50)84-70-31-13-12-20-56(70)57-39-36-53(46-73(57)84)85-52-19-16-18-51(45-52)82-47-83(72-33-15-14-32-71(72)82)79-54(48-34-37-66-68(42-48)77-62-25-8-4-21-58(62)75(66)59-22-5-9-26-63(59)77)29-17-30-55(79)49-35-38-67-69(43-49)78-64-27-10-6-23-60(64)76(67)61-24-7-11-28-65(61)78/h4-46,75-78H,47H2,1-3H3. The number of hydrogen-bond acceptors (Lipinski definition) is 4. The Kier molecular flexibility index (Phi) is 10.3. The smallest absolute Gasteiger partial charge is 0.137 e. The third-order valence-corrected chi connectivity index (χ3v) is 19.4. The highest BCUT2D eigenvalue weighted by Gasteiger charge is 2.43. The van der Waals surface area contributed by atoms with E-state index in [0.717, 1.165) is 50.8 Å². The van der Waals surface area contributed by atoms with Crippen molar-refractivity contribution in [2.45, 2.75) is 49.9 Å². The molecule has 0 saturated heterocycles. The Hall–Kier alpha value is -10.2. The van der Waals surface area contributed by atoms with Gasteiger partial charge in [-0.05, 0) is 156 Å². The van der Waals surface area contributed by atoms with Crippen LogP contribution in [0.25, 0.3) is 49.9 Å². The first-order valence-corrected chi connectivity index (χ1v) is 30.0. The van der Waals surface area contributed by atoms with Crippen LogP contribution in [0.4, 0.5) is 22.7 Å². The summed E-state index contributed by atoms with van der Waals surface area (Å²) in [5.74, 6) is 3.15. The Labute approximate surface area is 495 Å². The Morgan fingerprint density at radius 1 is 0.376 bits per heavy atom. The van der Waals surface area contributed by atoms with Crippen molar-refractivity contribution >= 4 is 44.6 Å². The van der Waals surface area contributed by atoms with E-state index in [1.54, 1.807) is 0 Å². The molecule has 13 aromatic rings. The number of para-hydroxylation sites is 4. The molecule has 0 amide bonds. The van der Waals surface area contributed by atoms with Crippen molar-refractivity contribution in [2.24, 2.45) is 0 Å². The first kappa shape index (κ1) is 48.3. The van der Waals surface area contributed by atoms with E-state index >= 15 is 0 Å². The number of ether oxygens (including phenoxy) is 1. The molecule has 0 radical (unpaired) electrons. The Morgan fingerprint density at radius 2 is 0.847 bits per heavy atom. The van der Waals surface area contributed by atoms with Crippen molar-refractivity contribution < 1.29 is 4.74 Å². The maximum absolute atomic E-state index is 6.95. The van der Waals surface area contributed by atoms with Crippen LogP contribution in [-0.2, 0) is 5.41 Å². The number of pyridine rings is 1. The molecule has 20 rings (SSSR count). The number of hydrogen-bond donors (Lipinski definition) is 0. The van der Waals surface area contributed by atoms with Crippen LogP contribution in [0.3, 0.4) is 0 Å². The highest BCUT2D eigenvalue weighted by molar-refractivity contribution is 6.09. The van der Waals surface area contributed by atoms with Gasteiger partial charge in [0, 0.05) is 69.6 Å². The van der Waals surface area contributed by atoms with Gasteiger partial charge >= 0.3 is 0 Å². The summed E-state index contributed by atoms with van der Waals surface area (Å²) in [7, 11) is 0. The van der Waals surface area contributed by atoms with Gasteiger partial charge in [0.2, 0.25) is 0 Å². The predicted molar refractivity (Wildman–Crippen MR) is 346 cm³/mol. The molecule has 1 aliphatic heterocycles. The molecule has 0 N–H and O–H groups in total. The molecule has 0 spiro atoms. The molecule has 11 aromatic carbocycles. The Bertz CT molecular complexity index is 4700. The van der Waals surface area contributed by atoms with Crippen LogP contribution in [0.5, 0.6) is 11.5 Å². The summed E-state index contributed by atoms with van der Waals surface area (Å²) in [6, 6.07) is 95.4. The molecule has 0 atom stereocenters. The third kappa shape index (κ3) is 7.14. The molecule has 85 heavy (non-hydrogen) atoms. The van der Waals surface area contributed by atoms with Gasteiger partial charge in [-0.2, -0.15) is 0 Å². The molecular formula is C80H58N4O. The van der Waals surface area contributed by atoms with E-state index in [4.69, 9.17) is 9.72 Å². The zero-order chi connectivity index (χ0) is 56.2.